The average Bonchev–Trinajstić information content (AvgIpc) is 2.50. The first-order chi connectivity index (χ1) is 8.58. The van der Waals surface area contributed by atoms with E-state index in [1.54, 1.807) is 23.2 Å². The molecule has 1 aliphatic rings. The molecule has 0 bridgehead atoms. The normalized spacial score (nSPS) is 24.7. The Balaban J connectivity index is 2.18. The predicted octanol–water partition coefficient (Wildman–Crippen LogP) is 1.68. The number of aromatic nitrogens is 1. The van der Waals surface area contributed by atoms with Crippen molar-refractivity contribution in [3.8, 4) is 0 Å². The third-order valence-corrected chi connectivity index (χ3v) is 5.06. The molecule has 6 heteroatoms. The zero-order valence-corrected chi connectivity index (χ0v) is 12.5. The first-order valence-electron chi connectivity index (χ1n) is 5.82. The second-order valence-corrected chi connectivity index (χ2v) is 6.98. The maximum Gasteiger partial charge on any atom is 0.273 e. The van der Waals surface area contributed by atoms with E-state index in [-0.39, 0.29) is 11.8 Å². The summed E-state index contributed by atoms with van der Waals surface area (Å²) in [5, 5.41) is 0. The van der Waals surface area contributed by atoms with E-state index in [1.165, 1.54) is 0 Å². The molecule has 0 aromatic carbocycles. The van der Waals surface area contributed by atoms with Gasteiger partial charge in [-0.1, -0.05) is 6.92 Å². The second kappa shape index (κ2) is 5.93. The van der Waals surface area contributed by atoms with Gasteiger partial charge in [0.1, 0.15) is 5.69 Å². The molecule has 18 heavy (non-hydrogen) atoms. The molecule has 2 rings (SSSR count). The summed E-state index contributed by atoms with van der Waals surface area (Å²) >= 11 is 3.34. The largest absolute Gasteiger partial charge is 0.336 e. The molecule has 1 amide bonds. The van der Waals surface area contributed by atoms with Crippen molar-refractivity contribution in [3.63, 3.8) is 0 Å². The minimum atomic E-state index is -0.813. The molecule has 98 valence electrons. The Bertz CT molecular complexity index is 481. The maximum atomic E-state index is 12.4. The van der Waals surface area contributed by atoms with Gasteiger partial charge in [-0.3, -0.25) is 9.00 Å². The van der Waals surface area contributed by atoms with Crippen molar-refractivity contribution in [3.05, 3.63) is 28.5 Å². The second-order valence-electron chi connectivity index (χ2n) is 4.50. The van der Waals surface area contributed by atoms with Gasteiger partial charge in [-0.15, -0.1) is 0 Å². The molecule has 4 nitrogen and oxygen atoms in total. The van der Waals surface area contributed by atoms with E-state index in [1.807, 2.05) is 6.92 Å². The summed E-state index contributed by atoms with van der Waals surface area (Å²) in [5.74, 6) is 1.40. The van der Waals surface area contributed by atoms with Crippen LogP contribution in [-0.2, 0) is 10.8 Å². The van der Waals surface area contributed by atoms with Crippen molar-refractivity contribution in [1.29, 1.82) is 0 Å². The Morgan fingerprint density at radius 3 is 3.11 bits per heavy atom. The van der Waals surface area contributed by atoms with Gasteiger partial charge in [0, 0.05) is 46.1 Å². The summed E-state index contributed by atoms with van der Waals surface area (Å²) in [6.07, 6.45) is 1.61. The number of hydrogen-bond acceptors (Lipinski definition) is 3. The van der Waals surface area contributed by atoms with Crippen LogP contribution in [0.25, 0.3) is 0 Å². The lowest BCUT2D eigenvalue weighted by Crippen LogP contribution is -2.36. The maximum absolute atomic E-state index is 12.4. The lowest BCUT2D eigenvalue weighted by molar-refractivity contribution is 0.0744. The number of amides is 1. The van der Waals surface area contributed by atoms with Gasteiger partial charge < -0.3 is 4.90 Å². The lowest BCUT2D eigenvalue weighted by Gasteiger charge is -2.22. The number of carbonyl (C=O) groups is 1. The molecule has 1 saturated heterocycles. The fourth-order valence-corrected chi connectivity index (χ4v) is 3.77. The molecular weight excluding hydrogens is 316 g/mol. The van der Waals surface area contributed by atoms with Crippen molar-refractivity contribution >= 4 is 32.6 Å². The lowest BCUT2D eigenvalue weighted by atomic mass is 10.2. The average molecular weight is 331 g/mol. The van der Waals surface area contributed by atoms with Gasteiger partial charge in [0.2, 0.25) is 0 Å². The number of nitrogens with zero attached hydrogens (tertiary/aromatic N) is 2. The molecule has 2 heterocycles. The molecule has 1 aliphatic heterocycles. The molecule has 0 saturated carbocycles. The summed E-state index contributed by atoms with van der Waals surface area (Å²) in [7, 11) is -0.813. The van der Waals surface area contributed by atoms with Crippen LogP contribution in [0.4, 0.5) is 0 Å². The number of hydrogen-bond donors (Lipinski definition) is 0. The summed E-state index contributed by atoms with van der Waals surface area (Å²) < 4.78 is 12.3. The molecule has 0 N–H and O–H groups in total. The zero-order chi connectivity index (χ0) is 13.1. The van der Waals surface area contributed by atoms with Crippen LogP contribution in [-0.4, -0.2) is 44.6 Å². The predicted molar refractivity (Wildman–Crippen MR) is 74.9 cm³/mol. The van der Waals surface area contributed by atoms with E-state index in [4.69, 9.17) is 0 Å². The summed E-state index contributed by atoms with van der Waals surface area (Å²) in [4.78, 5) is 18.2. The zero-order valence-electron chi connectivity index (χ0n) is 10.1. The van der Waals surface area contributed by atoms with Crippen LogP contribution in [0.5, 0.6) is 0 Å². The Morgan fingerprint density at radius 1 is 1.61 bits per heavy atom. The highest BCUT2D eigenvalue weighted by Crippen LogP contribution is 2.17. The molecular formula is C12H15BrN2O2S. The SMILES string of the molecule is CC1CN(C(=O)c2ncccc2Br)CCS(=O)C1. The van der Waals surface area contributed by atoms with Gasteiger partial charge in [0.05, 0.1) is 0 Å². The first kappa shape index (κ1) is 13.7. The summed E-state index contributed by atoms with van der Waals surface area (Å²) in [6.45, 7) is 3.21. The van der Waals surface area contributed by atoms with E-state index in [0.717, 1.165) is 0 Å². The van der Waals surface area contributed by atoms with Crippen LogP contribution in [0, 0.1) is 5.92 Å². The first-order valence-corrected chi connectivity index (χ1v) is 8.11. The highest BCUT2D eigenvalue weighted by Gasteiger charge is 2.25. The van der Waals surface area contributed by atoms with Crippen molar-refractivity contribution in [2.45, 2.75) is 6.92 Å². The van der Waals surface area contributed by atoms with Crippen LogP contribution in [0.1, 0.15) is 17.4 Å². The van der Waals surface area contributed by atoms with Crippen molar-refractivity contribution < 1.29 is 9.00 Å². The quantitative estimate of drug-likeness (QED) is 0.787. The van der Waals surface area contributed by atoms with Gasteiger partial charge >= 0.3 is 0 Å². The van der Waals surface area contributed by atoms with Crippen LogP contribution >= 0.6 is 15.9 Å². The number of halogens is 1. The Hall–Kier alpha value is -0.750. The van der Waals surface area contributed by atoms with Crippen molar-refractivity contribution in [2.75, 3.05) is 24.6 Å². The third-order valence-electron chi connectivity index (χ3n) is 2.84. The van der Waals surface area contributed by atoms with Gasteiger partial charge in [0.15, 0.2) is 0 Å². The Morgan fingerprint density at radius 2 is 2.39 bits per heavy atom. The van der Waals surface area contributed by atoms with E-state index >= 15 is 0 Å². The van der Waals surface area contributed by atoms with E-state index in [9.17, 15) is 9.00 Å². The number of rotatable bonds is 1. The molecule has 0 spiro atoms. The summed E-state index contributed by atoms with van der Waals surface area (Å²) in [5.41, 5.74) is 0.428. The monoisotopic (exact) mass is 330 g/mol. The number of carbonyl (C=O) groups excluding carboxylic acids is 1. The third kappa shape index (κ3) is 3.17. The molecule has 2 unspecified atom stereocenters. The summed E-state index contributed by atoms with van der Waals surface area (Å²) in [6, 6.07) is 3.58. The van der Waals surface area contributed by atoms with Crippen molar-refractivity contribution in [1.82, 2.24) is 9.88 Å². The highest BCUT2D eigenvalue weighted by atomic mass is 79.9. The number of pyridine rings is 1. The molecule has 0 aliphatic carbocycles. The molecule has 0 radical (unpaired) electrons. The molecule has 2 atom stereocenters. The minimum Gasteiger partial charge on any atom is -0.336 e. The van der Waals surface area contributed by atoms with Crippen LogP contribution in [0.15, 0.2) is 22.8 Å². The minimum absolute atomic E-state index is 0.0896. The standard InChI is InChI=1S/C12H15BrN2O2S/c1-9-7-15(5-6-18(17)8-9)12(16)11-10(13)3-2-4-14-11/h2-4,9H,5-8H2,1H3. The van der Waals surface area contributed by atoms with Crippen molar-refractivity contribution in [2.24, 2.45) is 5.92 Å². The van der Waals surface area contributed by atoms with Crippen LogP contribution < -0.4 is 0 Å². The van der Waals surface area contributed by atoms with Crippen LogP contribution in [0.3, 0.4) is 0 Å². The smallest absolute Gasteiger partial charge is 0.273 e. The van der Waals surface area contributed by atoms with E-state index in [2.05, 4.69) is 20.9 Å². The highest BCUT2D eigenvalue weighted by molar-refractivity contribution is 9.10. The molecule has 1 aromatic rings. The fraction of sp³-hybridized carbons (Fsp3) is 0.500. The Kier molecular flexibility index (Phi) is 4.50. The van der Waals surface area contributed by atoms with E-state index < -0.39 is 10.8 Å². The van der Waals surface area contributed by atoms with E-state index in [0.29, 0.717) is 34.8 Å². The van der Waals surface area contributed by atoms with Gasteiger partial charge in [-0.2, -0.15) is 0 Å². The van der Waals surface area contributed by atoms with Gasteiger partial charge in [0.25, 0.3) is 5.91 Å². The van der Waals surface area contributed by atoms with Gasteiger partial charge in [-0.25, -0.2) is 4.98 Å². The Labute approximate surface area is 117 Å². The molecule has 1 fully saturated rings. The topological polar surface area (TPSA) is 50.3 Å². The van der Waals surface area contributed by atoms with Gasteiger partial charge in [-0.05, 0) is 34.0 Å². The fourth-order valence-electron chi connectivity index (χ4n) is 2.01. The van der Waals surface area contributed by atoms with Crippen LogP contribution in [0.2, 0.25) is 0 Å². The molecule has 1 aromatic heterocycles.